The van der Waals surface area contributed by atoms with Gasteiger partial charge in [0.25, 0.3) is 0 Å². The predicted octanol–water partition coefficient (Wildman–Crippen LogP) is -0.816. The number of hydrogen-bond acceptors (Lipinski definition) is 5. The lowest BCUT2D eigenvalue weighted by Gasteiger charge is -2.10. The number of aliphatic hydroxyl groups excluding tert-OH is 1. The minimum absolute atomic E-state index is 0.155. The molecule has 0 saturated carbocycles. The van der Waals surface area contributed by atoms with Crippen LogP contribution in [0.3, 0.4) is 0 Å². The highest BCUT2D eigenvalue weighted by Crippen LogP contribution is 1.93. The predicted molar refractivity (Wildman–Crippen MR) is 57.1 cm³/mol. The van der Waals surface area contributed by atoms with Gasteiger partial charge in [0.1, 0.15) is 19.3 Å². The van der Waals surface area contributed by atoms with Crippen molar-refractivity contribution in [1.29, 1.82) is 0 Å². The fraction of sp³-hybridized carbons (Fsp3) is 0.714. The van der Waals surface area contributed by atoms with Crippen molar-refractivity contribution in [1.82, 2.24) is 0 Å². The number of aliphatic hydroxyl groups is 1. The number of carbonyl (C=O) groups excluding carboxylic acids is 2. The molecule has 0 saturated heterocycles. The Morgan fingerprint density at radius 2 is 1.43 bits per heavy atom. The molecule has 0 spiro atoms. The molecular formula is C7H14O5P2. The van der Waals surface area contributed by atoms with Crippen molar-refractivity contribution in [2.75, 3.05) is 25.5 Å². The van der Waals surface area contributed by atoms with Crippen LogP contribution in [0.25, 0.3) is 0 Å². The molecule has 0 rings (SSSR count). The molecule has 0 aromatic carbocycles. The molecule has 5 nitrogen and oxygen atoms in total. The molecule has 0 radical (unpaired) electrons. The van der Waals surface area contributed by atoms with Crippen molar-refractivity contribution >= 4 is 30.4 Å². The van der Waals surface area contributed by atoms with Crippen LogP contribution in [0.1, 0.15) is 0 Å². The molecule has 2 unspecified atom stereocenters. The van der Waals surface area contributed by atoms with Gasteiger partial charge in [0.05, 0.1) is 12.3 Å². The Bertz CT molecular complexity index is 177. The fourth-order valence-electron chi connectivity index (χ4n) is 0.544. The van der Waals surface area contributed by atoms with E-state index in [1.807, 2.05) is 0 Å². The molecule has 14 heavy (non-hydrogen) atoms. The molecular weight excluding hydrogens is 226 g/mol. The van der Waals surface area contributed by atoms with Crippen LogP contribution in [0, 0.1) is 0 Å². The summed E-state index contributed by atoms with van der Waals surface area (Å²) in [5.74, 6) is -0.849. The summed E-state index contributed by atoms with van der Waals surface area (Å²) in [6, 6.07) is 0. The van der Waals surface area contributed by atoms with E-state index in [1.165, 1.54) is 0 Å². The summed E-state index contributed by atoms with van der Waals surface area (Å²) >= 11 is 0. The van der Waals surface area contributed by atoms with E-state index in [-0.39, 0.29) is 25.5 Å². The summed E-state index contributed by atoms with van der Waals surface area (Å²) < 4.78 is 9.23. The van der Waals surface area contributed by atoms with E-state index < -0.39 is 18.0 Å². The summed E-state index contributed by atoms with van der Waals surface area (Å²) in [4.78, 5) is 21.3. The van der Waals surface area contributed by atoms with Crippen LogP contribution < -0.4 is 0 Å². The quantitative estimate of drug-likeness (QED) is 0.485. The van der Waals surface area contributed by atoms with E-state index in [9.17, 15) is 9.59 Å². The topological polar surface area (TPSA) is 72.8 Å². The highest BCUT2D eigenvalue weighted by molar-refractivity contribution is 7.18. The van der Waals surface area contributed by atoms with Crippen molar-refractivity contribution < 1.29 is 24.2 Å². The summed E-state index contributed by atoms with van der Waals surface area (Å²) in [6.45, 7) is -0.311. The van der Waals surface area contributed by atoms with Crippen molar-refractivity contribution in [2.24, 2.45) is 0 Å². The lowest BCUT2D eigenvalue weighted by molar-refractivity contribution is -0.149. The second kappa shape index (κ2) is 8.10. The standard InChI is InChI=1S/C7H14O5P2/c8-5(1-11-6(9)3-13)2-12-7(10)4-14/h5,8H,1-4,13-14H2. The van der Waals surface area contributed by atoms with Gasteiger partial charge in [-0.15, -0.1) is 18.5 Å². The van der Waals surface area contributed by atoms with Gasteiger partial charge in [0.15, 0.2) is 0 Å². The Kier molecular flexibility index (Phi) is 7.96. The Balaban J connectivity index is 3.50. The van der Waals surface area contributed by atoms with Crippen molar-refractivity contribution in [2.45, 2.75) is 6.10 Å². The maximum absolute atomic E-state index is 10.6. The zero-order valence-corrected chi connectivity index (χ0v) is 9.95. The van der Waals surface area contributed by atoms with Gasteiger partial charge in [0.2, 0.25) is 0 Å². The molecule has 2 atom stereocenters. The number of carbonyl (C=O) groups is 2. The molecule has 82 valence electrons. The summed E-state index contributed by atoms with van der Waals surface area (Å²) in [7, 11) is 4.41. The van der Waals surface area contributed by atoms with Gasteiger partial charge in [-0.25, -0.2) is 0 Å². The van der Waals surface area contributed by atoms with E-state index in [0.29, 0.717) is 0 Å². The first-order chi connectivity index (χ1) is 6.60. The third-order valence-electron chi connectivity index (χ3n) is 1.21. The maximum atomic E-state index is 10.6. The van der Waals surface area contributed by atoms with E-state index >= 15 is 0 Å². The second-order valence-electron chi connectivity index (χ2n) is 2.43. The van der Waals surface area contributed by atoms with Gasteiger partial charge < -0.3 is 14.6 Å². The zero-order valence-electron chi connectivity index (χ0n) is 7.64. The van der Waals surface area contributed by atoms with Gasteiger partial charge in [-0.1, -0.05) is 0 Å². The molecule has 1 N–H and O–H groups in total. The van der Waals surface area contributed by atoms with Gasteiger partial charge >= 0.3 is 11.9 Å². The van der Waals surface area contributed by atoms with Crippen molar-refractivity contribution in [3.05, 3.63) is 0 Å². The second-order valence-corrected chi connectivity index (χ2v) is 3.24. The van der Waals surface area contributed by atoms with Gasteiger partial charge in [-0.05, 0) is 0 Å². The lowest BCUT2D eigenvalue weighted by atomic mass is 10.4. The molecule has 0 aromatic heterocycles. The molecule has 0 amide bonds. The zero-order chi connectivity index (χ0) is 11.0. The number of esters is 2. The van der Waals surface area contributed by atoms with Crippen LogP contribution in [0.2, 0.25) is 0 Å². The summed E-state index contributed by atoms with van der Waals surface area (Å²) in [5, 5.41) is 9.17. The van der Waals surface area contributed by atoms with Gasteiger partial charge in [-0.3, -0.25) is 9.59 Å². The first-order valence-electron chi connectivity index (χ1n) is 3.99. The fourth-order valence-corrected chi connectivity index (χ4v) is 0.780. The minimum Gasteiger partial charge on any atom is -0.463 e. The number of ether oxygens (including phenoxy) is 2. The molecule has 0 heterocycles. The molecule has 0 aliphatic carbocycles. The van der Waals surface area contributed by atoms with Crippen LogP contribution in [0.15, 0.2) is 0 Å². The Morgan fingerprint density at radius 3 is 1.71 bits per heavy atom. The minimum atomic E-state index is -0.962. The molecule has 0 aromatic rings. The molecule has 0 aliphatic heterocycles. The summed E-state index contributed by atoms with van der Waals surface area (Å²) in [6.07, 6.45) is -0.605. The third-order valence-corrected chi connectivity index (χ3v) is 1.87. The Morgan fingerprint density at radius 1 is 1.07 bits per heavy atom. The van der Waals surface area contributed by atoms with Crippen molar-refractivity contribution in [3.63, 3.8) is 0 Å². The van der Waals surface area contributed by atoms with E-state index in [1.54, 1.807) is 0 Å². The Hall–Kier alpha value is -0.240. The van der Waals surface area contributed by atoms with Gasteiger partial charge in [0, 0.05) is 0 Å². The largest absolute Gasteiger partial charge is 0.463 e. The highest BCUT2D eigenvalue weighted by atomic mass is 31.0. The van der Waals surface area contributed by atoms with Crippen LogP contribution in [0.4, 0.5) is 0 Å². The molecule has 7 heteroatoms. The number of hydrogen-bond donors (Lipinski definition) is 1. The number of rotatable bonds is 6. The van der Waals surface area contributed by atoms with Crippen LogP contribution in [-0.4, -0.2) is 48.7 Å². The Labute approximate surface area is 86.9 Å². The summed E-state index contributed by atoms with van der Waals surface area (Å²) in [5.41, 5.74) is 0. The maximum Gasteiger partial charge on any atom is 0.309 e. The third kappa shape index (κ3) is 7.19. The van der Waals surface area contributed by atoms with Gasteiger partial charge in [-0.2, -0.15) is 0 Å². The highest BCUT2D eigenvalue weighted by Gasteiger charge is 2.09. The van der Waals surface area contributed by atoms with Crippen LogP contribution in [-0.2, 0) is 19.1 Å². The van der Waals surface area contributed by atoms with E-state index in [0.717, 1.165) is 0 Å². The average molecular weight is 240 g/mol. The smallest absolute Gasteiger partial charge is 0.309 e. The van der Waals surface area contributed by atoms with E-state index in [4.69, 9.17) is 5.11 Å². The van der Waals surface area contributed by atoms with Crippen LogP contribution >= 0.6 is 18.5 Å². The van der Waals surface area contributed by atoms with Crippen LogP contribution in [0.5, 0.6) is 0 Å². The van der Waals surface area contributed by atoms with Crippen molar-refractivity contribution in [3.8, 4) is 0 Å². The first-order valence-corrected chi connectivity index (χ1v) is 5.63. The molecule has 0 bridgehead atoms. The van der Waals surface area contributed by atoms with E-state index in [2.05, 4.69) is 28.0 Å². The molecule has 0 fully saturated rings. The monoisotopic (exact) mass is 240 g/mol. The SMILES string of the molecule is O=C(CP)OCC(O)COC(=O)CP. The first kappa shape index (κ1) is 13.8. The average Bonchev–Trinajstić information content (AvgIpc) is 2.22. The normalized spacial score (nSPS) is 10.0. The molecule has 0 aliphatic rings. The lowest BCUT2D eigenvalue weighted by Crippen LogP contribution is -2.25.